The van der Waals surface area contributed by atoms with Gasteiger partial charge in [-0.25, -0.2) is 13.7 Å². The Morgan fingerprint density at radius 2 is 1.97 bits per heavy atom. The number of hydrogen-bond acceptors (Lipinski definition) is 6. The van der Waals surface area contributed by atoms with Crippen LogP contribution in [0.15, 0.2) is 62.0 Å². The van der Waals surface area contributed by atoms with Crippen LogP contribution in [0.1, 0.15) is 26.3 Å². The van der Waals surface area contributed by atoms with Gasteiger partial charge < -0.3 is 10.0 Å². The standard InChI is InChI=1S/C23H22ClFN4O4S/c1-23(2,3)20-19(30)18(22(31)28(20)11-12-5-7-15(25)14(24)9-12)21-26-16-8-6-13(29(32)33)10-17(16)34(4)27-21/h5-10,20,30H,11H2,1-4H3. The number of nitro groups is 1. The number of amides is 1. The van der Waals surface area contributed by atoms with Crippen molar-refractivity contribution in [3.8, 4) is 0 Å². The maximum Gasteiger partial charge on any atom is 0.270 e. The first-order valence-corrected chi connectivity index (χ1v) is 12.3. The Hall–Kier alpha value is -3.11. The Balaban J connectivity index is 1.77. The Morgan fingerprint density at radius 1 is 1.26 bits per heavy atom. The molecule has 0 saturated heterocycles. The number of nitro benzene ring substituents is 1. The van der Waals surface area contributed by atoms with Crippen molar-refractivity contribution in [2.24, 2.45) is 14.8 Å². The fourth-order valence-electron chi connectivity index (χ4n) is 4.10. The molecular weight excluding hydrogens is 483 g/mol. The highest BCUT2D eigenvalue weighted by Gasteiger charge is 2.47. The molecule has 2 aromatic rings. The summed E-state index contributed by atoms with van der Waals surface area (Å²) in [6.07, 6.45) is 1.77. The quantitative estimate of drug-likeness (QED) is 0.438. The molecule has 0 saturated carbocycles. The number of carbonyl (C=O) groups excluding carboxylic acids is 1. The van der Waals surface area contributed by atoms with Gasteiger partial charge in [-0.15, -0.1) is 0 Å². The van der Waals surface area contributed by atoms with Gasteiger partial charge in [0.15, 0.2) is 5.84 Å². The fraction of sp³-hybridized carbons (Fsp3) is 0.304. The van der Waals surface area contributed by atoms with Crippen LogP contribution in [0.5, 0.6) is 0 Å². The minimum atomic E-state index is -0.821. The molecule has 2 aromatic carbocycles. The smallest absolute Gasteiger partial charge is 0.270 e. The van der Waals surface area contributed by atoms with E-state index >= 15 is 0 Å². The van der Waals surface area contributed by atoms with Gasteiger partial charge in [0.05, 0.1) is 26.6 Å². The first-order valence-electron chi connectivity index (χ1n) is 10.3. The summed E-state index contributed by atoms with van der Waals surface area (Å²) in [7, 11) is -0.821. The van der Waals surface area contributed by atoms with Gasteiger partial charge in [0.1, 0.15) is 17.1 Å². The summed E-state index contributed by atoms with van der Waals surface area (Å²) < 4.78 is 18.1. The monoisotopic (exact) mass is 504 g/mol. The molecule has 2 atom stereocenters. The number of non-ortho nitro benzene ring substituents is 1. The number of hydrogen-bond donors (Lipinski definition) is 1. The predicted molar refractivity (Wildman–Crippen MR) is 129 cm³/mol. The van der Waals surface area contributed by atoms with E-state index in [1.807, 2.05) is 20.8 Å². The van der Waals surface area contributed by atoms with Gasteiger partial charge in [-0.3, -0.25) is 14.9 Å². The fourth-order valence-corrected chi connectivity index (χ4v) is 5.50. The molecule has 0 fully saturated rings. The maximum atomic E-state index is 13.6. The molecule has 2 unspecified atom stereocenters. The summed E-state index contributed by atoms with van der Waals surface area (Å²) in [6.45, 7) is 5.79. The number of halogens is 2. The molecule has 4 rings (SSSR count). The number of fused-ring (bicyclic) bond motifs is 1. The molecule has 0 aliphatic carbocycles. The summed E-state index contributed by atoms with van der Waals surface area (Å²) in [4.78, 5) is 30.8. The van der Waals surface area contributed by atoms with Gasteiger partial charge in [-0.2, -0.15) is 0 Å². The number of aliphatic imine (C=N–C) groups is 1. The zero-order valence-electron chi connectivity index (χ0n) is 18.9. The highest BCUT2D eigenvalue weighted by Crippen LogP contribution is 2.40. The van der Waals surface area contributed by atoms with Crippen LogP contribution in [0.2, 0.25) is 5.02 Å². The van der Waals surface area contributed by atoms with E-state index in [2.05, 4.69) is 9.36 Å². The lowest BCUT2D eigenvalue weighted by atomic mass is 9.85. The second-order valence-electron chi connectivity index (χ2n) is 9.12. The van der Waals surface area contributed by atoms with E-state index in [1.54, 1.807) is 12.3 Å². The molecule has 0 spiro atoms. The van der Waals surface area contributed by atoms with Gasteiger partial charge in [0.25, 0.3) is 11.6 Å². The molecule has 2 aliphatic heterocycles. The Morgan fingerprint density at radius 3 is 2.59 bits per heavy atom. The first-order chi connectivity index (χ1) is 15.9. The van der Waals surface area contributed by atoms with Gasteiger partial charge >= 0.3 is 0 Å². The second-order valence-corrected chi connectivity index (χ2v) is 11.1. The van der Waals surface area contributed by atoms with Gasteiger partial charge in [-0.05, 0) is 35.4 Å². The maximum absolute atomic E-state index is 13.6. The molecule has 34 heavy (non-hydrogen) atoms. The van der Waals surface area contributed by atoms with E-state index in [0.717, 1.165) is 0 Å². The van der Waals surface area contributed by atoms with E-state index in [0.29, 0.717) is 16.1 Å². The minimum absolute atomic E-state index is 0.00325. The van der Waals surface area contributed by atoms with Crippen LogP contribution < -0.4 is 0 Å². The summed E-state index contributed by atoms with van der Waals surface area (Å²) in [5.74, 6) is -1.07. The molecule has 0 aromatic heterocycles. The van der Waals surface area contributed by atoms with Crippen molar-refractivity contribution in [3.63, 3.8) is 0 Å². The van der Waals surface area contributed by atoms with Crippen LogP contribution in [0.3, 0.4) is 0 Å². The van der Waals surface area contributed by atoms with E-state index in [-0.39, 0.29) is 34.4 Å². The summed E-state index contributed by atoms with van der Waals surface area (Å²) in [5.41, 5.74) is 0.468. The lowest BCUT2D eigenvalue weighted by Gasteiger charge is -2.35. The van der Waals surface area contributed by atoms with E-state index < -0.39 is 38.8 Å². The van der Waals surface area contributed by atoms with Crippen molar-refractivity contribution in [3.05, 3.63) is 74.2 Å². The van der Waals surface area contributed by atoms with Gasteiger partial charge in [0, 0.05) is 18.7 Å². The van der Waals surface area contributed by atoms with Crippen LogP contribution >= 0.6 is 11.6 Å². The topological polar surface area (TPSA) is 108 Å². The lowest BCUT2D eigenvalue weighted by molar-refractivity contribution is -0.385. The van der Waals surface area contributed by atoms with Crippen molar-refractivity contribution in [1.29, 1.82) is 0 Å². The van der Waals surface area contributed by atoms with Crippen LogP contribution in [0.4, 0.5) is 15.8 Å². The largest absolute Gasteiger partial charge is 0.509 e. The van der Waals surface area contributed by atoms with Crippen LogP contribution in [-0.4, -0.2) is 39.0 Å². The Kier molecular flexibility index (Phi) is 6.07. The van der Waals surface area contributed by atoms with E-state index in [9.17, 15) is 24.4 Å². The predicted octanol–water partition coefficient (Wildman–Crippen LogP) is 5.49. The van der Waals surface area contributed by atoms with Crippen LogP contribution in [0.25, 0.3) is 0 Å². The average Bonchev–Trinajstić information content (AvgIpc) is 2.99. The zero-order valence-corrected chi connectivity index (χ0v) is 20.4. The van der Waals surface area contributed by atoms with Crippen molar-refractivity contribution < 1.29 is 19.2 Å². The number of aliphatic hydroxyl groups is 1. The van der Waals surface area contributed by atoms with Crippen LogP contribution in [-0.2, 0) is 22.0 Å². The molecule has 0 radical (unpaired) electrons. The first kappa shape index (κ1) is 24.0. The number of carbonyl (C=O) groups is 1. The van der Waals surface area contributed by atoms with Crippen molar-refractivity contribution in [2.75, 3.05) is 6.26 Å². The number of nitrogens with zero attached hydrogens (tertiary/aromatic N) is 4. The molecule has 8 nitrogen and oxygen atoms in total. The third-order valence-corrected chi connectivity index (χ3v) is 7.30. The molecular formula is C23H22ClFN4O4S. The minimum Gasteiger partial charge on any atom is -0.509 e. The Labute approximate surface area is 203 Å². The number of amidine groups is 1. The molecule has 11 heteroatoms. The van der Waals surface area contributed by atoms with Crippen molar-refractivity contribution >= 4 is 45.4 Å². The second kappa shape index (κ2) is 8.59. The molecule has 178 valence electrons. The van der Waals surface area contributed by atoms with E-state index in [4.69, 9.17) is 11.6 Å². The highest BCUT2D eigenvalue weighted by molar-refractivity contribution is 7.87. The Bertz CT molecular complexity index is 1330. The molecule has 0 bridgehead atoms. The van der Waals surface area contributed by atoms with Gasteiger partial charge in [-0.1, -0.05) is 49.1 Å². The number of aliphatic hydroxyl groups excluding tert-OH is 1. The summed E-state index contributed by atoms with van der Waals surface area (Å²) in [6, 6.07) is 7.84. The summed E-state index contributed by atoms with van der Waals surface area (Å²) in [5, 5.41) is 22.3. The SMILES string of the molecule is CS1=NC(C2=C(O)C(C(C)(C)C)N(Cc3ccc(F)c(Cl)c3)C2=O)=Nc2ccc([N+](=O)[O-])cc21. The van der Waals surface area contributed by atoms with E-state index in [1.165, 1.54) is 35.2 Å². The molecule has 1 N–H and O–H groups in total. The third-order valence-electron chi connectivity index (χ3n) is 5.60. The van der Waals surface area contributed by atoms with Crippen molar-refractivity contribution in [2.45, 2.75) is 38.3 Å². The van der Waals surface area contributed by atoms with Crippen molar-refractivity contribution in [1.82, 2.24) is 4.90 Å². The molecule has 1 amide bonds. The normalized spacial score (nSPS) is 20.2. The average molecular weight is 505 g/mol. The highest BCUT2D eigenvalue weighted by atomic mass is 35.5. The lowest BCUT2D eigenvalue weighted by Crippen LogP contribution is -2.43. The third kappa shape index (κ3) is 4.23. The van der Waals surface area contributed by atoms with Crippen LogP contribution in [0, 0.1) is 21.3 Å². The summed E-state index contributed by atoms with van der Waals surface area (Å²) >= 11 is 5.92. The van der Waals surface area contributed by atoms with Gasteiger partial charge in [0.2, 0.25) is 0 Å². The zero-order chi connectivity index (χ0) is 24.9. The molecule has 2 heterocycles. The number of benzene rings is 2. The number of rotatable bonds is 4. The molecule has 2 aliphatic rings.